The first-order chi connectivity index (χ1) is 14.2. The monoisotopic (exact) mass is 398 g/mol. The van der Waals surface area contributed by atoms with Gasteiger partial charge in [-0.2, -0.15) is 5.10 Å². The van der Waals surface area contributed by atoms with E-state index >= 15 is 0 Å². The van der Waals surface area contributed by atoms with Crippen LogP contribution in [0.1, 0.15) is 30.1 Å². The zero-order valence-electron chi connectivity index (χ0n) is 17.1. The zero-order chi connectivity index (χ0) is 20.1. The summed E-state index contributed by atoms with van der Waals surface area (Å²) in [4.78, 5) is 21.7. The standard InChI is InChI=1S/C21H30N6O2/c1-17-4-6-26(7-5-17)20-3-2-18(14-22-20)21(28)24-19-15-23-27(16-19)9-8-25-10-12-29-13-11-25/h2-3,14-17H,4-13H2,1H3,(H,24,28). The molecule has 156 valence electrons. The van der Waals surface area contributed by atoms with Crippen molar-refractivity contribution >= 4 is 17.4 Å². The molecule has 2 aliphatic heterocycles. The van der Waals surface area contributed by atoms with Gasteiger partial charge in [0.05, 0.1) is 37.2 Å². The van der Waals surface area contributed by atoms with Gasteiger partial charge < -0.3 is 15.0 Å². The number of rotatable bonds is 6. The molecular formula is C21H30N6O2. The van der Waals surface area contributed by atoms with Crippen LogP contribution in [0, 0.1) is 5.92 Å². The van der Waals surface area contributed by atoms with Crippen LogP contribution < -0.4 is 10.2 Å². The molecule has 0 saturated carbocycles. The molecule has 1 N–H and O–H groups in total. The predicted molar refractivity (Wildman–Crippen MR) is 112 cm³/mol. The van der Waals surface area contributed by atoms with E-state index in [4.69, 9.17) is 4.74 Å². The quantitative estimate of drug-likeness (QED) is 0.803. The van der Waals surface area contributed by atoms with Gasteiger partial charge in [-0.25, -0.2) is 4.98 Å². The number of hydrogen-bond acceptors (Lipinski definition) is 6. The summed E-state index contributed by atoms with van der Waals surface area (Å²) in [5.74, 6) is 1.57. The third-order valence-electron chi connectivity index (χ3n) is 5.76. The van der Waals surface area contributed by atoms with Crippen molar-refractivity contribution in [3.8, 4) is 0 Å². The number of amides is 1. The summed E-state index contributed by atoms with van der Waals surface area (Å²) in [5.41, 5.74) is 1.26. The van der Waals surface area contributed by atoms with Gasteiger partial charge in [0, 0.05) is 45.1 Å². The molecule has 1 amide bonds. The molecule has 0 bridgehead atoms. The fourth-order valence-electron chi connectivity index (χ4n) is 3.77. The van der Waals surface area contributed by atoms with E-state index in [9.17, 15) is 4.79 Å². The molecule has 8 heteroatoms. The molecule has 8 nitrogen and oxygen atoms in total. The van der Waals surface area contributed by atoms with Crippen LogP contribution in [-0.2, 0) is 11.3 Å². The Bertz CT molecular complexity index is 792. The van der Waals surface area contributed by atoms with Gasteiger partial charge in [0.15, 0.2) is 0 Å². The first-order valence-corrected chi connectivity index (χ1v) is 10.5. The number of ether oxygens (including phenoxy) is 1. The summed E-state index contributed by atoms with van der Waals surface area (Å²) >= 11 is 0. The molecule has 4 heterocycles. The average molecular weight is 399 g/mol. The number of hydrogen-bond donors (Lipinski definition) is 1. The van der Waals surface area contributed by atoms with Gasteiger partial charge in [-0.3, -0.25) is 14.4 Å². The molecule has 0 aliphatic carbocycles. The molecule has 2 aromatic rings. The number of nitrogens with zero attached hydrogens (tertiary/aromatic N) is 5. The van der Waals surface area contributed by atoms with Crippen molar-refractivity contribution in [3.05, 3.63) is 36.3 Å². The molecule has 2 aliphatic rings. The molecule has 0 radical (unpaired) electrons. The second-order valence-electron chi connectivity index (χ2n) is 7.97. The van der Waals surface area contributed by atoms with Crippen LogP contribution in [0.3, 0.4) is 0 Å². The first kappa shape index (κ1) is 19.8. The highest BCUT2D eigenvalue weighted by molar-refractivity contribution is 6.04. The van der Waals surface area contributed by atoms with Gasteiger partial charge >= 0.3 is 0 Å². The van der Waals surface area contributed by atoms with Gasteiger partial charge in [0.25, 0.3) is 5.91 Å². The van der Waals surface area contributed by atoms with E-state index in [0.29, 0.717) is 11.3 Å². The highest BCUT2D eigenvalue weighted by atomic mass is 16.5. The highest BCUT2D eigenvalue weighted by Crippen LogP contribution is 2.21. The molecule has 2 saturated heterocycles. The van der Waals surface area contributed by atoms with Gasteiger partial charge in [0.1, 0.15) is 5.82 Å². The predicted octanol–water partition coefficient (Wildman–Crippen LogP) is 2.10. The number of piperidine rings is 1. The maximum absolute atomic E-state index is 12.5. The Morgan fingerprint density at radius 1 is 1.14 bits per heavy atom. The fourth-order valence-corrected chi connectivity index (χ4v) is 3.77. The minimum absolute atomic E-state index is 0.163. The minimum atomic E-state index is -0.163. The first-order valence-electron chi connectivity index (χ1n) is 10.5. The summed E-state index contributed by atoms with van der Waals surface area (Å²) in [7, 11) is 0. The fraction of sp³-hybridized carbons (Fsp3) is 0.571. The largest absolute Gasteiger partial charge is 0.379 e. The SMILES string of the molecule is CC1CCN(c2ccc(C(=O)Nc3cnn(CCN4CCOCC4)c3)cn2)CC1. The van der Waals surface area contributed by atoms with Crippen molar-refractivity contribution in [2.24, 2.45) is 5.92 Å². The van der Waals surface area contributed by atoms with E-state index < -0.39 is 0 Å². The van der Waals surface area contributed by atoms with Crippen LogP contribution in [0.2, 0.25) is 0 Å². The number of anilines is 2. The second kappa shape index (κ2) is 9.37. The van der Waals surface area contributed by atoms with Crippen molar-refractivity contribution in [2.75, 3.05) is 56.2 Å². The maximum atomic E-state index is 12.5. The van der Waals surface area contributed by atoms with E-state index in [2.05, 4.69) is 32.1 Å². The Morgan fingerprint density at radius 2 is 1.93 bits per heavy atom. The van der Waals surface area contributed by atoms with Crippen molar-refractivity contribution < 1.29 is 9.53 Å². The maximum Gasteiger partial charge on any atom is 0.257 e. The van der Waals surface area contributed by atoms with Crippen LogP contribution in [0.15, 0.2) is 30.7 Å². The molecule has 0 atom stereocenters. The third kappa shape index (κ3) is 5.33. The Balaban J connectivity index is 1.28. The van der Waals surface area contributed by atoms with E-state index in [-0.39, 0.29) is 5.91 Å². The highest BCUT2D eigenvalue weighted by Gasteiger charge is 2.17. The molecule has 4 rings (SSSR count). The summed E-state index contributed by atoms with van der Waals surface area (Å²) in [6, 6.07) is 3.79. The summed E-state index contributed by atoms with van der Waals surface area (Å²) in [6.45, 7) is 9.60. The molecule has 0 aromatic carbocycles. The van der Waals surface area contributed by atoms with Crippen LogP contribution in [0.5, 0.6) is 0 Å². The number of morpholine rings is 1. The van der Waals surface area contributed by atoms with Crippen LogP contribution in [0.4, 0.5) is 11.5 Å². The summed E-state index contributed by atoms with van der Waals surface area (Å²) < 4.78 is 7.23. The number of aromatic nitrogens is 3. The Kier molecular flexibility index (Phi) is 6.41. The van der Waals surface area contributed by atoms with E-state index in [1.165, 1.54) is 12.8 Å². The number of carbonyl (C=O) groups excluding carboxylic acids is 1. The Morgan fingerprint density at radius 3 is 2.66 bits per heavy atom. The molecule has 29 heavy (non-hydrogen) atoms. The number of pyridine rings is 1. The molecular weight excluding hydrogens is 368 g/mol. The zero-order valence-corrected chi connectivity index (χ0v) is 17.1. The van der Waals surface area contributed by atoms with Crippen molar-refractivity contribution in [3.63, 3.8) is 0 Å². The third-order valence-corrected chi connectivity index (χ3v) is 5.76. The second-order valence-corrected chi connectivity index (χ2v) is 7.97. The van der Waals surface area contributed by atoms with E-state index in [0.717, 1.165) is 64.2 Å². The topological polar surface area (TPSA) is 75.5 Å². The van der Waals surface area contributed by atoms with Crippen LogP contribution >= 0.6 is 0 Å². The van der Waals surface area contributed by atoms with Crippen LogP contribution in [0.25, 0.3) is 0 Å². The Hall–Kier alpha value is -2.45. The Labute approximate surface area is 171 Å². The lowest BCUT2D eigenvalue weighted by Crippen LogP contribution is -2.38. The van der Waals surface area contributed by atoms with Gasteiger partial charge in [-0.05, 0) is 30.9 Å². The number of nitrogens with one attached hydrogen (secondary N) is 1. The van der Waals surface area contributed by atoms with E-state index in [1.807, 2.05) is 23.0 Å². The van der Waals surface area contributed by atoms with E-state index in [1.54, 1.807) is 12.4 Å². The van der Waals surface area contributed by atoms with Crippen molar-refractivity contribution in [2.45, 2.75) is 26.3 Å². The average Bonchev–Trinajstić information content (AvgIpc) is 3.21. The number of carbonyl (C=O) groups is 1. The molecule has 2 fully saturated rings. The lowest BCUT2D eigenvalue weighted by atomic mass is 9.99. The van der Waals surface area contributed by atoms with Crippen molar-refractivity contribution in [1.29, 1.82) is 0 Å². The van der Waals surface area contributed by atoms with Crippen LogP contribution in [-0.4, -0.2) is 71.5 Å². The summed E-state index contributed by atoms with van der Waals surface area (Å²) in [5, 5.41) is 7.26. The van der Waals surface area contributed by atoms with Gasteiger partial charge in [-0.1, -0.05) is 6.92 Å². The molecule has 0 spiro atoms. The van der Waals surface area contributed by atoms with Gasteiger partial charge in [-0.15, -0.1) is 0 Å². The normalized spacial score (nSPS) is 18.7. The van der Waals surface area contributed by atoms with Crippen molar-refractivity contribution in [1.82, 2.24) is 19.7 Å². The summed E-state index contributed by atoms with van der Waals surface area (Å²) in [6.07, 6.45) is 7.60. The molecule has 2 aromatic heterocycles. The lowest BCUT2D eigenvalue weighted by Gasteiger charge is -2.31. The molecule has 0 unspecified atom stereocenters. The lowest BCUT2D eigenvalue weighted by molar-refractivity contribution is 0.0360. The minimum Gasteiger partial charge on any atom is -0.379 e. The van der Waals surface area contributed by atoms with Gasteiger partial charge in [0.2, 0.25) is 0 Å². The smallest absolute Gasteiger partial charge is 0.257 e.